The van der Waals surface area contributed by atoms with Crippen molar-refractivity contribution in [3.05, 3.63) is 22.2 Å². The van der Waals surface area contributed by atoms with Gasteiger partial charge in [-0.1, -0.05) is 27.7 Å². The number of halogens is 1. The SMILES string of the molecule is CC(C)C(C)(C)CNCc1cc(Br)c2c(c1)OCO2. The molecule has 3 nitrogen and oxygen atoms in total. The summed E-state index contributed by atoms with van der Waals surface area (Å²) in [7, 11) is 0. The zero-order valence-electron chi connectivity index (χ0n) is 12.0. The fourth-order valence-corrected chi connectivity index (χ4v) is 2.46. The van der Waals surface area contributed by atoms with Crippen molar-refractivity contribution in [3.63, 3.8) is 0 Å². The van der Waals surface area contributed by atoms with Gasteiger partial charge in [-0.05, 0) is 45.0 Å². The molecule has 0 spiro atoms. The third kappa shape index (κ3) is 3.42. The third-order valence-corrected chi connectivity index (χ3v) is 4.55. The maximum atomic E-state index is 5.43. The number of rotatable bonds is 5. The summed E-state index contributed by atoms with van der Waals surface area (Å²) in [6, 6.07) is 4.13. The molecule has 1 heterocycles. The van der Waals surface area contributed by atoms with Crippen molar-refractivity contribution in [2.75, 3.05) is 13.3 Å². The van der Waals surface area contributed by atoms with Gasteiger partial charge in [0, 0.05) is 13.1 Å². The van der Waals surface area contributed by atoms with Crippen molar-refractivity contribution in [3.8, 4) is 11.5 Å². The van der Waals surface area contributed by atoms with Crippen LogP contribution >= 0.6 is 15.9 Å². The molecule has 1 aromatic rings. The standard InChI is InChI=1S/C15H22BrNO2/c1-10(2)15(3,4)8-17-7-11-5-12(16)14-13(6-11)18-9-19-14/h5-6,10,17H,7-9H2,1-4H3. The topological polar surface area (TPSA) is 30.5 Å². The Bertz CT molecular complexity index is 458. The molecule has 0 atom stereocenters. The van der Waals surface area contributed by atoms with E-state index < -0.39 is 0 Å². The van der Waals surface area contributed by atoms with Gasteiger partial charge in [-0.25, -0.2) is 0 Å². The molecule has 0 radical (unpaired) electrons. The highest BCUT2D eigenvalue weighted by atomic mass is 79.9. The molecule has 0 aliphatic carbocycles. The van der Waals surface area contributed by atoms with Crippen LogP contribution < -0.4 is 14.8 Å². The first-order valence-corrected chi connectivity index (χ1v) is 7.48. The molecular formula is C15H22BrNO2. The van der Waals surface area contributed by atoms with Crippen LogP contribution in [0.4, 0.5) is 0 Å². The van der Waals surface area contributed by atoms with Crippen LogP contribution in [0, 0.1) is 11.3 Å². The van der Waals surface area contributed by atoms with E-state index in [0.29, 0.717) is 18.1 Å². The van der Waals surface area contributed by atoms with Crippen LogP contribution in [-0.2, 0) is 6.54 Å². The molecular weight excluding hydrogens is 306 g/mol. The predicted molar refractivity (Wildman–Crippen MR) is 80.6 cm³/mol. The minimum absolute atomic E-state index is 0.299. The fourth-order valence-electron chi connectivity index (χ4n) is 1.86. The van der Waals surface area contributed by atoms with Gasteiger partial charge in [-0.3, -0.25) is 0 Å². The van der Waals surface area contributed by atoms with Crippen molar-refractivity contribution in [1.82, 2.24) is 5.32 Å². The highest BCUT2D eigenvalue weighted by molar-refractivity contribution is 9.10. The van der Waals surface area contributed by atoms with Gasteiger partial charge in [0.1, 0.15) is 0 Å². The molecule has 0 saturated heterocycles. The first kappa shape index (κ1) is 14.7. The molecule has 1 aliphatic heterocycles. The van der Waals surface area contributed by atoms with E-state index in [0.717, 1.165) is 29.1 Å². The van der Waals surface area contributed by atoms with E-state index in [2.05, 4.69) is 55.0 Å². The van der Waals surface area contributed by atoms with E-state index in [9.17, 15) is 0 Å². The average molecular weight is 328 g/mol. The maximum Gasteiger partial charge on any atom is 0.231 e. The zero-order valence-corrected chi connectivity index (χ0v) is 13.6. The molecule has 0 aromatic heterocycles. The molecule has 0 bridgehead atoms. The van der Waals surface area contributed by atoms with Gasteiger partial charge in [0.2, 0.25) is 6.79 Å². The number of ether oxygens (including phenoxy) is 2. The molecule has 106 valence electrons. The normalized spacial score (nSPS) is 14.2. The van der Waals surface area contributed by atoms with Gasteiger partial charge in [0.25, 0.3) is 0 Å². The molecule has 0 unspecified atom stereocenters. The second-order valence-corrected chi connectivity index (χ2v) is 6.91. The lowest BCUT2D eigenvalue weighted by Crippen LogP contribution is -2.33. The number of hydrogen-bond donors (Lipinski definition) is 1. The van der Waals surface area contributed by atoms with Gasteiger partial charge >= 0.3 is 0 Å². The van der Waals surface area contributed by atoms with E-state index in [1.807, 2.05) is 6.07 Å². The smallest absolute Gasteiger partial charge is 0.231 e. The number of nitrogens with one attached hydrogen (secondary N) is 1. The molecule has 4 heteroatoms. The van der Waals surface area contributed by atoms with Crippen LogP contribution in [-0.4, -0.2) is 13.3 Å². The summed E-state index contributed by atoms with van der Waals surface area (Å²) in [4.78, 5) is 0. The van der Waals surface area contributed by atoms with Gasteiger partial charge < -0.3 is 14.8 Å². The Labute approximate surface area is 123 Å². The molecule has 1 aromatic carbocycles. The van der Waals surface area contributed by atoms with Gasteiger partial charge in [-0.15, -0.1) is 0 Å². The second-order valence-electron chi connectivity index (χ2n) is 6.06. The number of fused-ring (bicyclic) bond motifs is 1. The van der Waals surface area contributed by atoms with Crippen LogP contribution in [0.15, 0.2) is 16.6 Å². The predicted octanol–water partition coefficient (Wildman–Crippen LogP) is 3.95. The third-order valence-electron chi connectivity index (χ3n) is 3.96. The van der Waals surface area contributed by atoms with Crippen LogP contribution in [0.1, 0.15) is 33.3 Å². The maximum absolute atomic E-state index is 5.43. The Morgan fingerprint density at radius 2 is 2.05 bits per heavy atom. The van der Waals surface area contributed by atoms with Gasteiger partial charge in [0.05, 0.1) is 4.47 Å². The van der Waals surface area contributed by atoms with Gasteiger partial charge in [0.15, 0.2) is 11.5 Å². The molecule has 0 fully saturated rings. The Hall–Kier alpha value is -0.740. The van der Waals surface area contributed by atoms with E-state index in [4.69, 9.17) is 9.47 Å². The van der Waals surface area contributed by atoms with E-state index in [1.165, 1.54) is 5.56 Å². The molecule has 19 heavy (non-hydrogen) atoms. The van der Waals surface area contributed by atoms with Crippen molar-refractivity contribution in [1.29, 1.82) is 0 Å². The molecule has 1 N–H and O–H groups in total. The summed E-state index contributed by atoms with van der Waals surface area (Å²) < 4.78 is 11.8. The van der Waals surface area contributed by atoms with Crippen molar-refractivity contribution in [2.45, 2.75) is 34.2 Å². The minimum atomic E-state index is 0.299. The van der Waals surface area contributed by atoms with Crippen LogP contribution in [0.2, 0.25) is 0 Å². The lowest BCUT2D eigenvalue weighted by atomic mass is 9.81. The minimum Gasteiger partial charge on any atom is -0.454 e. The van der Waals surface area contributed by atoms with E-state index >= 15 is 0 Å². The number of hydrogen-bond acceptors (Lipinski definition) is 3. The Kier molecular flexibility index (Phi) is 4.41. The van der Waals surface area contributed by atoms with Gasteiger partial charge in [-0.2, -0.15) is 0 Å². The Morgan fingerprint density at radius 3 is 2.74 bits per heavy atom. The fraction of sp³-hybridized carbons (Fsp3) is 0.600. The summed E-state index contributed by atoms with van der Waals surface area (Å²) in [6.45, 7) is 11.3. The van der Waals surface area contributed by atoms with E-state index in [1.54, 1.807) is 0 Å². The Morgan fingerprint density at radius 1 is 1.32 bits per heavy atom. The summed E-state index contributed by atoms with van der Waals surface area (Å²) in [5, 5.41) is 3.52. The van der Waals surface area contributed by atoms with Crippen molar-refractivity contribution >= 4 is 15.9 Å². The Balaban J connectivity index is 1.96. The first-order chi connectivity index (χ1) is 8.90. The molecule has 0 amide bonds. The van der Waals surface area contributed by atoms with Crippen molar-refractivity contribution in [2.24, 2.45) is 11.3 Å². The number of benzene rings is 1. The zero-order chi connectivity index (χ0) is 14.0. The highest BCUT2D eigenvalue weighted by Gasteiger charge is 2.22. The quantitative estimate of drug-likeness (QED) is 0.888. The monoisotopic (exact) mass is 327 g/mol. The molecule has 0 saturated carbocycles. The second kappa shape index (κ2) is 5.71. The van der Waals surface area contributed by atoms with Crippen molar-refractivity contribution < 1.29 is 9.47 Å². The highest BCUT2D eigenvalue weighted by Crippen LogP contribution is 2.40. The van der Waals surface area contributed by atoms with Crippen LogP contribution in [0.3, 0.4) is 0 Å². The summed E-state index contributed by atoms with van der Waals surface area (Å²) in [5.41, 5.74) is 1.50. The first-order valence-electron chi connectivity index (χ1n) is 6.69. The summed E-state index contributed by atoms with van der Waals surface area (Å²) in [5.74, 6) is 2.30. The average Bonchev–Trinajstić information content (AvgIpc) is 2.77. The lowest BCUT2D eigenvalue weighted by molar-refractivity contribution is 0.173. The lowest BCUT2D eigenvalue weighted by Gasteiger charge is -2.29. The van der Waals surface area contributed by atoms with E-state index in [-0.39, 0.29) is 0 Å². The largest absolute Gasteiger partial charge is 0.454 e. The summed E-state index contributed by atoms with van der Waals surface area (Å²) in [6.07, 6.45) is 0. The molecule has 1 aliphatic rings. The summed E-state index contributed by atoms with van der Waals surface area (Å²) >= 11 is 3.52. The molecule has 2 rings (SSSR count). The van der Waals surface area contributed by atoms with Crippen LogP contribution in [0.25, 0.3) is 0 Å². The van der Waals surface area contributed by atoms with Crippen LogP contribution in [0.5, 0.6) is 11.5 Å².